The van der Waals surface area contributed by atoms with Gasteiger partial charge in [-0.1, -0.05) is 13.8 Å². The molecular weight excluding hydrogens is 368 g/mol. The summed E-state index contributed by atoms with van der Waals surface area (Å²) in [5.41, 5.74) is 1.03. The maximum Gasteiger partial charge on any atom is 0.203 e. The number of rotatable bonds is 9. The van der Waals surface area contributed by atoms with Crippen LogP contribution in [-0.2, 0) is 6.54 Å². The maximum absolute atomic E-state index is 5.43. The van der Waals surface area contributed by atoms with E-state index in [1.54, 1.807) is 28.4 Å². The van der Waals surface area contributed by atoms with Crippen molar-refractivity contribution in [3.05, 3.63) is 17.7 Å². The summed E-state index contributed by atoms with van der Waals surface area (Å²) in [7, 11) is 6.66. The number of nitrogens with zero attached hydrogens (tertiary/aromatic N) is 2. The predicted molar refractivity (Wildman–Crippen MR) is 118 cm³/mol. The molecule has 29 heavy (non-hydrogen) atoms. The molecule has 0 saturated carbocycles. The van der Waals surface area contributed by atoms with E-state index in [2.05, 4.69) is 34.4 Å². The first-order valence-corrected chi connectivity index (χ1v) is 10.5. The van der Waals surface area contributed by atoms with Gasteiger partial charge in [0.15, 0.2) is 17.5 Å². The van der Waals surface area contributed by atoms with Crippen LogP contribution < -0.4 is 24.8 Å². The van der Waals surface area contributed by atoms with Gasteiger partial charge in [-0.05, 0) is 48.9 Å². The third kappa shape index (κ3) is 6.99. The van der Waals surface area contributed by atoms with Gasteiger partial charge in [0.05, 0.1) is 21.3 Å². The number of aliphatic imine (C=N–C) groups is 1. The zero-order chi connectivity index (χ0) is 21.2. The van der Waals surface area contributed by atoms with Gasteiger partial charge in [0.1, 0.15) is 0 Å². The summed E-state index contributed by atoms with van der Waals surface area (Å²) in [5, 5.41) is 6.87. The number of nitrogens with one attached hydrogen (secondary N) is 2. The lowest BCUT2D eigenvalue weighted by atomic mass is 9.97. The van der Waals surface area contributed by atoms with E-state index in [9.17, 15) is 0 Å². The van der Waals surface area contributed by atoms with Crippen LogP contribution in [0.5, 0.6) is 17.2 Å². The first-order valence-electron chi connectivity index (χ1n) is 10.5. The Morgan fingerprint density at radius 1 is 1.14 bits per heavy atom. The van der Waals surface area contributed by atoms with Crippen LogP contribution in [0.25, 0.3) is 0 Å². The summed E-state index contributed by atoms with van der Waals surface area (Å²) >= 11 is 0. The van der Waals surface area contributed by atoms with Crippen molar-refractivity contribution in [1.29, 1.82) is 0 Å². The topological polar surface area (TPSA) is 67.4 Å². The van der Waals surface area contributed by atoms with Gasteiger partial charge in [-0.2, -0.15) is 0 Å². The smallest absolute Gasteiger partial charge is 0.203 e. The number of ether oxygens (including phenoxy) is 3. The number of hydrogen-bond acceptors (Lipinski definition) is 5. The normalized spacial score (nSPS) is 17.9. The van der Waals surface area contributed by atoms with Crippen molar-refractivity contribution in [2.45, 2.75) is 33.2 Å². The van der Waals surface area contributed by atoms with Gasteiger partial charge in [0.25, 0.3) is 0 Å². The highest BCUT2D eigenvalue weighted by atomic mass is 16.5. The van der Waals surface area contributed by atoms with Crippen molar-refractivity contribution in [1.82, 2.24) is 15.5 Å². The van der Waals surface area contributed by atoms with Crippen LogP contribution >= 0.6 is 0 Å². The lowest BCUT2D eigenvalue weighted by molar-refractivity contribution is 0.159. The van der Waals surface area contributed by atoms with Gasteiger partial charge in [0.2, 0.25) is 5.75 Å². The Bertz CT molecular complexity index is 638. The van der Waals surface area contributed by atoms with E-state index in [-0.39, 0.29) is 0 Å². The van der Waals surface area contributed by atoms with Crippen LogP contribution in [0.2, 0.25) is 0 Å². The van der Waals surface area contributed by atoms with Crippen LogP contribution in [-0.4, -0.2) is 65.4 Å². The Balaban J connectivity index is 1.89. The number of piperidine rings is 1. The molecule has 164 valence electrons. The largest absolute Gasteiger partial charge is 0.493 e. The maximum atomic E-state index is 5.43. The fourth-order valence-corrected chi connectivity index (χ4v) is 3.88. The minimum absolute atomic E-state index is 0.601. The van der Waals surface area contributed by atoms with Gasteiger partial charge < -0.3 is 29.7 Å². The molecule has 1 aliphatic rings. The van der Waals surface area contributed by atoms with E-state index in [0.29, 0.717) is 29.7 Å². The van der Waals surface area contributed by atoms with Gasteiger partial charge >= 0.3 is 0 Å². The van der Waals surface area contributed by atoms with Crippen LogP contribution in [0.4, 0.5) is 0 Å². The molecule has 0 radical (unpaired) electrons. The lowest BCUT2D eigenvalue weighted by Gasteiger charge is -2.34. The molecule has 7 nitrogen and oxygen atoms in total. The first kappa shape index (κ1) is 23.1. The zero-order valence-electron chi connectivity index (χ0n) is 18.9. The second kappa shape index (κ2) is 11.8. The molecule has 1 saturated heterocycles. The molecule has 1 aromatic carbocycles. The molecule has 1 atom stereocenters. The molecule has 1 aromatic rings. The molecule has 2 rings (SSSR count). The van der Waals surface area contributed by atoms with Gasteiger partial charge in [0, 0.05) is 33.2 Å². The number of benzene rings is 1. The molecule has 1 fully saturated rings. The molecule has 1 heterocycles. The molecule has 7 heteroatoms. The van der Waals surface area contributed by atoms with Crippen molar-refractivity contribution in [3.63, 3.8) is 0 Å². The lowest BCUT2D eigenvalue weighted by Crippen LogP contribution is -2.44. The average molecular weight is 407 g/mol. The van der Waals surface area contributed by atoms with Crippen LogP contribution in [0.1, 0.15) is 32.3 Å². The predicted octanol–water partition coefficient (Wildman–Crippen LogP) is 2.75. The van der Waals surface area contributed by atoms with Crippen molar-refractivity contribution < 1.29 is 14.2 Å². The number of hydrogen-bond donors (Lipinski definition) is 2. The van der Waals surface area contributed by atoms with E-state index in [0.717, 1.165) is 30.5 Å². The SMILES string of the molecule is CN=C(NCc1cc(OC)c(OC)c(OC)c1)NCC1CCCN(CC(C)C)C1. The molecule has 0 spiro atoms. The Labute approximate surface area is 175 Å². The second-order valence-corrected chi connectivity index (χ2v) is 8.00. The highest BCUT2D eigenvalue weighted by Gasteiger charge is 2.20. The summed E-state index contributed by atoms with van der Waals surface area (Å²) in [6.07, 6.45) is 2.54. The minimum atomic E-state index is 0.601. The van der Waals surface area contributed by atoms with Gasteiger partial charge in [-0.25, -0.2) is 0 Å². The van der Waals surface area contributed by atoms with E-state index in [4.69, 9.17) is 14.2 Å². The summed E-state index contributed by atoms with van der Waals surface area (Å²) in [6.45, 7) is 9.69. The summed E-state index contributed by atoms with van der Waals surface area (Å²) < 4.78 is 16.3. The first-order chi connectivity index (χ1) is 14.0. The van der Waals surface area contributed by atoms with E-state index >= 15 is 0 Å². The van der Waals surface area contributed by atoms with E-state index < -0.39 is 0 Å². The van der Waals surface area contributed by atoms with Gasteiger partial charge in [-0.15, -0.1) is 0 Å². The highest BCUT2D eigenvalue weighted by molar-refractivity contribution is 5.79. The standard InChI is InChI=1S/C22H38N4O3/c1-16(2)14-26-9-7-8-17(15-26)12-24-22(23-3)25-13-18-10-19(27-4)21(29-6)20(11-18)28-5/h10-11,16-17H,7-9,12-15H2,1-6H3,(H2,23,24,25). The van der Waals surface area contributed by atoms with Crippen LogP contribution in [0.15, 0.2) is 17.1 Å². The molecule has 0 bridgehead atoms. The Hall–Kier alpha value is -2.15. The van der Waals surface area contributed by atoms with Crippen molar-refractivity contribution in [3.8, 4) is 17.2 Å². The molecule has 1 aliphatic heterocycles. The number of methoxy groups -OCH3 is 3. The fraction of sp³-hybridized carbons (Fsp3) is 0.682. The number of likely N-dealkylation sites (tertiary alicyclic amines) is 1. The Morgan fingerprint density at radius 3 is 2.38 bits per heavy atom. The quantitative estimate of drug-likeness (QED) is 0.486. The van der Waals surface area contributed by atoms with E-state index in [1.807, 2.05) is 12.1 Å². The van der Waals surface area contributed by atoms with Crippen molar-refractivity contribution >= 4 is 5.96 Å². The zero-order valence-corrected chi connectivity index (χ0v) is 18.9. The van der Waals surface area contributed by atoms with Crippen molar-refractivity contribution in [2.24, 2.45) is 16.8 Å². The molecule has 0 amide bonds. The molecule has 1 unspecified atom stereocenters. The third-order valence-corrected chi connectivity index (χ3v) is 5.19. The second-order valence-electron chi connectivity index (χ2n) is 8.00. The fourth-order valence-electron chi connectivity index (χ4n) is 3.88. The Morgan fingerprint density at radius 2 is 1.83 bits per heavy atom. The minimum Gasteiger partial charge on any atom is -0.493 e. The van der Waals surface area contributed by atoms with Crippen LogP contribution in [0, 0.1) is 11.8 Å². The molecule has 0 aliphatic carbocycles. The third-order valence-electron chi connectivity index (χ3n) is 5.19. The summed E-state index contributed by atoms with van der Waals surface area (Å²) in [5.74, 6) is 4.08. The molecule has 2 N–H and O–H groups in total. The highest BCUT2D eigenvalue weighted by Crippen LogP contribution is 2.38. The molecule has 0 aromatic heterocycles. The monoisotopic (exact) mass is 406 g/mol. The Kier molecular flexibility index (Phi) is 9.38. The number of guanidine groups is 1. The van der Waals surface area contributed by atoms with Gasteiger partial charge in [-0.3, -0.25) is 4.99 Å². The molecular formula is C22H38N4O3. The average Bonchev–Trinajstić information content (AvgIpc) is 2.72. The van der Waals surface area contributed by atoms with E-state index in [1.165, 1.54) is 25.9 Å². The summed E-state index contributed by atoms with van der Waals surface area (Å²) in [4.78, 5) is 6.96. The van der Waals surface area contributed by atoms with Crippen molar-refractivity contribution in [2.75, 3.05) is 54.6 Å². The summed E-state index contributed by atoms with van der Waals surface area (Å²) in [6, 6.07) is 3.90. The van der Waals surface area contributed by atoms with Crippen LogP contribution in [0.3, 0.4) is 0 Å².